The lowest BCUT2D eigenvalue weighted by Gasteiger charge is -2.49. The largest absolute Gasteiger partial charge is 0.103 e. The van der Waals surface area contributed by atoms with Gasteiger partial charge in [0.15, 0.2) is 0 Å². The van der Waals surface area contributed by atoms with Gasteiger partial charge in [-0.1, -0.05) is 99.5 Å². The fourth-order valence-corrected chi connectivity index (χ4v) is 7.00. The summed E-state index contributed by atoms with van der Waals surface area (Å²) in [4.78, 5) is 0. The molecule has 0 bridgehead atoms. The number of allylic oxidation sites excluding steroid dienone is 1. The summed E-state index contributed by atoms with van der Waals surface area (Å²) in [6.45, 7) is 20.2. The van der Waals surface area contributed by atoms with Gasteiger partial charge < -0.3 is 0 Å². The van der Waals surface area contributed by atoms with Crippen LogP contribution >= 0.6 is 0 Å². The highest BCUT2D eigenvalue weighted by Gasteiger charge is 2.52. The summed E-state index contributed by atoms with van der Waals surface area (Å²) < 4.78 is 0. The van der Waals surface area contributed by atoms with Gasteiger partial charge in [-0.3, -0.25) is 0 Å². The van der Waals surface area contributed by atoms with Gasteiger partial charge in [0.2, 0.25) is 0 Å². The van der Waals surface area contributed by atoms with E-state index in [1.807, 2.05) is 13.8 Å². The topological polar surface area (TPSA) is 0 Å². The van der Waals surface area contributed by atoms with Crippen molar-refractivity contribution in [2.75, 3.05) is 0 Å². The van der Waals surface area contributed by atoms with Gasteiger partial charge in [0, 0.05) is 0 Å². The monoisotopic (exact) mass is 404 g/mol. The van der Waals surface area contributed by atoms with Crippen LogP contribution < -0.4 is 0 Å². The Morgan fingerprint density at radius 3 is 2.31 bits per heavy atom. The Labute approximate surface area is 185 Å². The van der Waals surface area contributed by atoms with E-state index in [-0.39, 0.29) is 0 Å². The third kappa shape index (κ3) is 7.74. The summed E-state index contributed by atoms with van der Waals surface area (Å²) in [5.74, 6) is 5.80. The Kier molecular flexibility index (Phi) is 12.9. The molecule has 6 unspecified atom stereocenters. The van der Waals surface area contributed by atoms with Crippen molar-refractivity contribution in [3.63, 3.8) is 0 Å². The minimum absolute atomic E-state index is 0.672. The van der Waals surface area contributed by atoms with E-state index in [0.29, 0.717) is 5.41 Å². The van der Waals surface area contributed by atoms with Crippen molar-refractivity contribution >= 4 is 0 Å². The molecule has 0 N–H and O–H groups in total. The Morgan fingerprint density at radius 1 is 0.966 bits per heavy atom. The second-order valence-electron chi connectivity index (χ2n) is 11.0. The zero-order valence-corrected chi connectivity index (χ0v) is 21.4. The van der Waals surface area contributed by atoms with Crippen LogP contribution in [0, 0.1) is 40.9 Å². The molecule has 2 saturated carbocycles. The molecular weight excluding hydrogens is 348 g/mol. The van der Waals surface area contributed by atoms with E-state index in [1.165, 1.54) is 83.5 Å². The number of hydrogen-bond acceptors (Lipinski definition) is 0. The molecule has 0 aliphatic heterocycles. The molecule has 0 aromatic heterocycles. The molecule has 0 amide bonds. The van der Waals surface area contributed by atoms with Crippen molar-refractivity contribution in [3.8, 4) is 0 Å². The molecule has 0 heteroatoms. The Morgan fingerprint density at radius 2 is 1.69 bits per heavy atom. The van der Waals surface area contributed by atoms with Crippen molar-refractivity contribution in [3.05, 3.63) is 12.7 Å². The standard InChI is InChI=1S/C27H50.C2H6/c1-7-12-22(5)14-11-15-23-19-20-27(6)24(16-10-9-13-21(3)4)17-18-26(27)25(23)8-2;1-2/h7,21-26H,1,8-20H2,2-6H3;1-2H3. The van der Waals surface area contributed by atoms with Gasteiger partial charge >= 0.3 is 0 Å². The zero-order valence-electron chi connectivity index (χ0n) is 21.4. The molecule has 172 valence electrons. The predicted octanol–water partition coefficient (Wildman–Crippen LogP) is 10.1. The SMILES string of the molecule is C=CCC(C)CCCC1CCC2(C)C(CCCCC(C)C)CCC2C1CC.CC. The number of hydrogen-bond donors (Lipinski definition) is 0. The lowest BCUT2D eigenvalue weighted by atomic mass is 9.56. The first-order chi connectivity index (χ1) is 13.9. The smallest absolute Gasteiger partial charge is 0.0266 e. The maximum Gasteiger partial charge on any atom is -0.0266 e. The molecule has 0 radical (unpaired) electrons. The third-order valence-electron chi connectivity index (χ3n) is 8.68. The number of unbranched alkanes of at least 4 members (excludes halogenated alkanes) is 1. The molecule has 6 atom stereocenters. The van der Waals surface area contributed by atoms with E-state index in [4.69, 9.17) is 0 Å². The summed E-state index contributed by atoms with van der Waals surface area (Å²) in [7, 11) is 0. The van der Waals surface area contributed by atoms with Crippen LogP contribution in [0.4, 0.5) is 0 Å². The normalized spacial score (nSPS) is 32.4. The first-order valence-electron chi connectivity index (χ1n) is 13.5. The first-order valence-corrected chi connectivity index (χ1v) is 13.5. The van der Waals surface area contributed by atoms with E-state index in [1.54, 1.807) is 0 Å². The third-order valence-corrected chi connectivity index (χ3v) is 8.68. The van der Waals surface area contributed by atoms with Gasteiger partial charge in [0.05, 0.1) is 0 Å². The summed E-state index contributed by atoms with van der Waals surface area (Å²) >= 11 is 0. The molecule has 0 saturated heterocycles. The highest BCUT2D eigenvalue weighted by molar-refractivity contribution is 5.01. The highest BCUT2D eigenvalue weighted by atomic mass is 14.6. The van der Waals surface area contributed by atoms with E-state index in [2.05, 4.69) is 47.3 Å². The fourth-order valence-electron chi connectivity index (χ4n) is 7.00. The molecule has 2 aliphatic carbocycles. The van der Waals surface area contributed by atoms with Gasteiger partial charge in [-0.05, 0) is 79.4 Å². The number of rotatable bonds is 12. The summed E-state index contributed by atoms with van der Waals surface area (Å²) in [6, 6.07) is 0. The van der Waals surface area contributed by atoms with Gasteiger partial charge in [0.1, 0.15) is 0 Å². The molecule has 0 heterocycles. The van der Waals surface area contributed by atoms with Crippen molar-refractivity contribution < 1.29 is 0 Å². The van der Waals surface area contributed by atoms with Crippen LogP contribution in [0.15, 0.2) is 12.7 Å². The van der Waals surface area contributed by atoms with Crippen molar-refractivity contribution in [2.45, 2.75) is 132 Å². The van der Waals surface area contributed by atoms with Gasteiger partial charge in [-0.15, -0.1) is 6.58 Å². The van der Waals surface area contributed by atoms with Crippen LogP contribution in [-0.2, 0) is 0 Å². The van der Waals surface area contributed by atoms with Gasteiger partial charge in [-0.2, -0.15) is 0 Å². The molecular formula is C29H56. The molecule has 0 nitrogen and oxygen atoms in total. The van der Waals surface area contributed by atoms with Crippen LogP contribution in [0.3, 0.4) is 0 Å². The molecule has 0 aromatic carbocycles. The maximum absolute atomic E-state index is 3.91. The van der Waals surface area contributed by atoms with Crippen LogP contribution in [0.2, 0.25) is 0 Å². The zero-order chi connectivity index (χ0) is 21.9. The lowest BCUT2D eigenvalue weighted by Crippen LogP contribution is -2.41. The summed E-state index contributed by atoms with van der Waals surface area (Å²) in [5.41, 5.74) is 0.672. The molecule has 2 fully saturated rings. The van der Waals surface area contributed by atoms with Crippen LogP contribution in [0.1, 0.15) is 132 Å². The van der Waals surface area contributed by atoms with Crippen LogP contribution in [-0.4, -0.2) is 0 Å². The minimum Gasteiger partial charge on any atom is -0.103 e. The van der Waals surface area contributed by atoms with E-state index in [9.17, 15) is 0 Å². The van der Waals surface area contributed by atoms with Gasteiger partial charge in [0.25, 0.3) is 0 Å². The fraction of sp³-hybridized carbons (Fsp3) is 0.931. The van der Waals surface area contributed by atoms with Crippen LogP contribution in [0.5, 0.6) is 0 Å². The molecule has 2 rings (SSSR count). The molecule has 2 aliphatic rings. The highest BCUT2D eigenvalue weighted by Crippen LogP contribution is 2.61. The minimum atomic E-state index is 0.672. The predicted molar refractivity (Wildman–Crippen MR) is 133 cm³/mol. The second kappa shape index (κ2) is 13.9. The van der Waals surface area contributed by atoms with E-state index in [0.717, 1.165) is 35.5 Å². The average molecular weight is 405 g/mol. The maximum atomic E-state index is 3.91. The lowest BCUT2D eigenvalue weighted by molar-refractivity contribution is 0.00354. The van der Waals surface area contributed by atoms with Crippen LogP contribution in [0.25, 0.3) is 0 Å². The quantitative estimate of drug-likeness (QED) is 0.224. The molecule has 0 spiro atoms. The van der Waals surface area contributed by atoms with Gasteiger partial charge in [-0.25, -0.2) is 0 Å². The molecule has 0 aromatic rings. The number of fused-ring (bicyclic) bond motifs is 1. The second-order valence-corrected chi connectivity index (χ2v) is 11.0. The van der Waals surface area contributed by atoms with Crippen molar-refractivity contribution in [2.24, 2.45) is 40.9 Å². The van der Waals surface area contributed by atoms with E-state index >= 15 is 0 Å². The summed E-state index contributed by atoms with van der Waals surface area (Å²) in [5, 5.41) is 0. The van der Waals surface area contributed by atoms with Crippen molar-refractivity contribution in [1.29, 1.82) is 0 Å². The summed E-state index contributed by atoms with van der Waals surface area (Å²) in [6.07, 6.45) is 21.0. The Balaban J connectivity index is 0.00000204. The van der Waals surface area contributed by atoms with Crippen molar-refractivity contribution in [1.82, 2.24) is 0 Å². The Hall–Kier alpha value is -0.260. The molecule has 29 heavy (non-hydrogen) atoms. The van der Waals surface area contributed by atoms with E-state index < -0.39 is 0 Å². The average Bonchev–Trinajstić information content (AvgIpc) is 3.03. The Bertz CT molecular complexity index is 422. The first kappa shape index (κ1) is 26.8.